The third-order valence-electron chi connectivity index (χ3n) is 4.69. The van der Waals surface area contributed by atoms with Gasteiger partial charge in [0.05, 0.1) is 0 Å². The van der Waals surface area contributed by atoms with Crippen molar-refractivity contribution in [2.24, 2.45) is 5.92 Å². The van der Waals surface area contributed by atoms with Crippen molar-refractivity contribution in [2.75, 3.05) is 0 Å². The Morgan fingerprint density at radius 3 is 2.94 bits per heavy atom. The minimum Gasteiger partial charge on any atom is -0.0622 e. The molecule has 0 aliphatic heterocycles. The highest BCUT2D eigenvalue weighted by molar-refractivity contribution is 5.91. The molecular weight excluding hydrogens is 204 g/mol. The zero-order chi connectivity index (χ0) is 11.4. The molecule has 0 heterocycles. The van der Waals surface area contributed by atoms with Gasteiger partial charge in [-0.05, 0) is 65.0 Å². The van der Waals surface area contributed by atoms with Crippen molar-refractivity contribution < 1.29 is 0 Å². The molecule has 0 bridgehead atoms. The van der Waals surface area contributed by atoms with E-state index in [2.05, 4.69) is 37.3 Å². The Balaban J connectivity index is 2.11. The van der Waals surface area contributed by atoms with Crippen LogP contribution in [0.5, 0.6) is 0 Å². The molecule has 2 aliphatic carbocycles. The summed E-state index contributed by atoms with van der Waals surface area (Å²) in [6.45, 7) is 2.41. The fraction of sp³-hybridized carbons (Fsp3) is 0.412. The molecule has 0 N–H and O–H groups in total. The lowest BCUT2D eigenvalue weighted by Gasteiger charge is -2.34. The van der Waals surface area contributed by atoms with Gasteiger partial charge in [0, 0.05) is 0 Å². The van der Waals surface area contributed by atoms with Crippen LogP contribution in [0.15, 0.2) is 30.3 Å². The van der Waals surface area contributed by atoms with E-state index in [1.54, 1.807) is 22.1 Å². The van der Waals surface area contributed by atoms with Gasteiger partial charge in [-0.15, -0.1) is 0 Å². The van der Waals surface area contributed by atoms with Crippen molar-refractivity contribution in [3.8, 4) is 0 Å². The highest BCUT2D eigenvalue weighted by atomic mass is 14.3. The summed E-state index contributed by atoms with van der Waals surface area (Å²) in [5.74, 6) is 1.71. The fourth-order valence-corrected chi connectivity index (χ4v) is 4.03. The van der Waals surface area contributed by atoms with Crippen molar-refractivity contribution in [2.45, 2.75) is 38.5 Å². The van der Waals surface area contributed by atoms with Crippen LogP contribution >= 0.6 is 0 Å². The summed E-state index contributed by atoms with van der Waals surface area (Å²) >= 11 is 0. The van der Waals surface area contributed by atoms with Gasteiger partial charge in [-0.3, -0.25) is 0 Å². The van der Waals surface area contributed by atoms with E-state index < -0.39 is 0 Å². The van der Waals surface area contributed by atoms with Gasteiger partial charge in [0.2, 0.25) is 0 Å². The van der Waals surface area contributed by atoms with Crippen molar-refractivity contribution in [1.82, 2.24) is 0 Å². The monoisotopic (exact) mass is 222 g/mol. The first kappa shape index (κ1) is 9.70. The van der Waals surface area contributed by atoms with Gasteiger partial charge in [0.25, 0.3) is 0 Å². The number of hydrogen-bond donors (Lipinski definition) is 0. The molecule has 0 saturated heterocycles. The Morgan fingerprint density at radius 1 is 1.06 bits per heavy atom. The summed E-state index contributed by atoms with van der Waals surface area (Å²) in [6.07, 6.45) is 5.34. The maximum Gasteiger partial charge on any atom is -0.0114 e. The standard InChI is InChI=1S/C17H18/c1-11-9-14-7-5-12-3-2-4-13-6-8-15(10-11)17(14)16(12)13/h2-5,7,11,15H,6,8-10H2,1H3. The molecule has 17 heavy (non-hydrogen) atoms. The van der Waals surface area contributed by atoms with Crippen molar-refractivity contribution in [3.05, 3.63) is 47.0 Å². The second-order valence-electron chi connectivity index (χ2n) is 5.93. The molecule has 2 aromatic rings. The van der Waals surface area contributed by atoms with Crippen molar-refractivity contribution in [1.29, 1.82) is 0 Å². The first-order valence-electron chi connectivity index (χ1n) is 6.86. The molecule has 0 amide bonds. The Kier molecular flexibility index (Phi) is 1.91. The molecule has 2 unspecified atom stereocenters. The first-order chi connectivity index (χ1) is 8.33. The maximum atomic E-state index is 2.41. The Hall–Kier alpha value is -1.30. The molecule has 0 nitrogen and oxygen atoms in total. The van der Waals surface area contributed by atoms with Crippen LogP contribution in [0.4, 0.5) is 0 Å². The quantitative estimate of drug-likeness (QED) is 0.617. The smallest absolute Gasteiger partial charge is 0.0114 e. The number of benzene rings is 2. The summed E-state index contributed by atoms with van der Waals surface area (Å²) in [5, 5.41) is 3.06. The van der Waals surface area contributed by atoms with Gasteiger partial charge >= 0.3 is 0 Å². The summed E-state index contributed by atoms with van der Waals surface area (Å²) in [6, 6.07) is 11.5. The molecule has 0 spiro atoms. The normalized spacial score (nSPS) is 26.2. The lowest BCUT2D eigenvalue weighted by molar-refractivity contribution is 0.413. The van der Waals surface area contributed by atoms with Crippen LogP contribution in [0.3, 0.4) is 0 Å². The topological polar surface area (TPSA) is 0 Å². The van der Waals surface area contributed by atoms with Crippen LogP contribution in [0, 0.1) is 5.92 Å². The van der Waals surface area contributed by atoms with Crippen LogP contribution in [-0.2, 0) is 12.8 Å². The molecule has 0 saturated carbocycles. The average molecular weight is 222 g/mol. The van der Waals surface area contributed by atoms with Gasteiger partial charge in [-0.1, -0.05) is 37.3 Å². The Bertz CT molecular complexity index is 594. The zero-order valence-corrected chi connectivity index (χ0v) is 10.4. The molecular formula is C17H18. The highest BCUT2D eigenvalue weighted by Crippen LogP contribution is 2.45. The summed E-state index contributed by atoms with van der Waals surface area (Å²) < 4.78 is 0. The lowest BCUT2D eigenvalue weighted by Crippen LogP contribution is -2.20. The van der Waals surface area contributed by atoms with Gasteiger partial charge in [0.15, 0.2) is 0 Å². The SMILES string of the molecule is CC1Cc2ccc3cccc4c3c2C(CC4)C1. The van der Waals surface area contributed by atoms with Gasteiger partial charge < -0.3 is 0 Å². The van der Waals surface area contributed by atoms with Crippen molar-refractivity contribution in [3.63, 3.8) is 0 Å². The van der Waals surface area contributed by atoms with E-state index in [1.165, 1.54) is 31.1 Å². The minimum atomic E-state index is 0.840. The Morgan fingerprint density at radius 2 is 2.00 bits per heavy atom. The van der Waals surface area contributed by atoms with E-state index in [0.29, 0.717) is 0 Å². The van der Waals surface area contributed by atoms with Crippen molar-refractivity contribution >= 4 is 10.8 Å². The van der Waals surface area contributed by atoms with E-state index in [1.807, 2.05) is 0 Å². The third kappa shape index (κ3) is 1.30. The van der Waals surface area contributed by atoms with E-state index in [9.17, 15) is 0 Å². The van der Waals surface area contributed by atoms with E-state index in [0.717, 1.165) is 11.8 Å². The summed E-state index contributed by atoms with van der Waals surface area (Å²) in [7, 11) is 0. The molecule has 0 fully saturated rings. The second kappa shape index (κ2) is 3.35. The van der Waals surface area contributed by atoms with Crippen LogP contribution in [-0.4, -0.2) is 0 Å². The number of rotatable bonds is 0. The van der Waals surface area contributed by atoms with Gasteiger partial charge in [-0.2, -0.15) is 0 Å². The summed E-state index contributed by atoms with van der Waals surface area (Å²) in [4.78, 5) is 0. The molecule has 4 rings (SSSR count). The van der Waals surface area contributed by atoms with E-state index in [4.69, 9.17) is 0 Å². The van der Waals surface area contributed by atoms with E-state index >= 15 is 0 Å². The maximum absolute atomic E-state index is 2.41. The highest BCUT2D eigenvalue weighted by Gasteiger charge is 2.29. The molecule has 2 aliphatic rings. The predicted octanol–water partition coefficient (Wildman–Crippen LogP) is 4.45. The van der Waals surface area contributed by atoms with Crippen LogP contribution in [0.2, 0.25) is 0 Å². The predicted molar refractivity (Wildman–Crippen MR) is 72.5 cm³/mol. The van der Waals surface area contributed by atoms with Gasteiger partial charge in [0.1, 0.15) is 0 Å². The zero-order valence-electron chi connectivity index (χ0n) is 10.4. The molecule has 0 heteroatoms. The molecule has 2 aromatic carbocycles. The molecule has 2 atom stereocenters. The van der Waals surface area contributed by atoms with Crippen LogP contribution in [0.1, 0.15) is 42.4 Å². The van der Waals surface area contributed by atoms with Crippen LogP contribution in [0.25, 0.3) is 10.8 Å². The fourth-order valence-electron chi connectivity index (χ4n) is 4.03. The Labute approximate surface area is 103 Å². The summed E-state index contributed by atoms with van der Waals surface area (Å²) in [5.41, 5.74) is 4.93. The lowest BCUT2D eigenvalue weighted by atomic mass is 9.70. The van der Waals surface area contributed by atoms with Crippen LogP contribution < -0.4 is 0 Å². The molecule has 0 radical (unpaired) electrons. The third-order valence-corrected chi connectivity index (χ3v) is 4.69. The average Bonchev–Trinajstić information content (AvgIpc) is 2.35. The second-order valence-corrected chi connectivity index (χ2v) is 5.93. The largest absolute Gasteiger partial charge is 0.0622 e. The molecule has 86 valence electrons. The van der Waals surface area contributed by atoms with E-state index in [-0.39, 0.29) is 0 Å². The first-order valence-corrected chi connectivity index (χ1v) is 6.86. The number of hydrogen-bond acceptors (Lipinski definition) is 0. The van der Waals surface area contributed by atoms with Gasteiger partial charge in [-0.25, -0.2) is 0 Å². The minimum absolute atomic E-state index is 0.840. The number of aryl methyl sites for hydroxylation is 1. The molecule has 0 aromatic heterocycles.